The van der Waals surface area contributed by atoms with E-state index in [1.165, 1.54) is 4.31 Å². The number of carbonyl (C=O) groups excluding carboxylic acids is 1. The Morgan fingerprint density at radius 3 is 2.06 bits per heavy atom. The molecule has 0 aliphatic carbocycles. The van der Waals surface area contributed by atoms with Gasteiger partial charge >= 0.3 is 0 Å². The fourth-order valence-corrected chi connectivity index (χ4v) is 4.95. The summed E-state index contributed by atoms with van der Waals surface area (Å²) in [6.45, 7) is 9.37. The van der Waals surface area contributed by atoms with Crippen LogP contribution in [0.1, 0.15) is 29.2 Å². The van der Waals surface area contributed by atoms with Crippen molar-refractivity contribution in [1.82, 2.24) is 5.32 Å². The number of sulfonamides is 1. The van der Waals surface area contributed by atoms with E-state index in [2.05, 4.69) is 5.32 Å². The van der Waals surface area contributed by atoms with Gasteiger partial charge in [0.1, 0.15) is 18.9 Å². The number of rotatable bonds is 9. The highest BCUT2D eigenvalue weighted by molar-refractivity contribution is 7.92. The minimum absolute atomic E-state index is 0.141. The van der Waals surface area contributed by atoms with Crippen LogP contribution in [0, 0.1) is 27.7 Å². The summed E-state index contributed by atoms with van der Waals surface area (Å²) in [6.07, 6.45) is 0. The molecule has 0 heterocycles. The van der Waals surface area contributed by atoms with Crippen molar-refractivity contribution >= 4 is 21.6 Å². The summed E-state index contributed by atoms with van der Waals surface area (Å²) >= 11 is 0. The number of hydrogen-bond donors (Lipinski definition) is 1. The number of anilines is 1. The predicted octanol–water partition coefficient (Wildman–Crippen LogP) is 4.70. The van der Waals surface area contributed by atoms with Gasteiger partial charge in [-0.3, -0.25) is 9.10 Å². The fraction of sp³-hybridized carbons (Fsp3) is 0.296. The lowest BCUT2D eigenvalue weighted by atomic mass is 10.1. The van der Waals surface area contributed by atoms with E-state index in [4.69, 9.17) is 4.74 Å². The highest BCUT2D eigenvalue weighted by atomic mass is 32.2. The summed E-state index contributed by atoms with van der Waals surface area (Å²) in [6, 6.07) is 19.6. The van der Waals surface area contributed by atoms with Crippen molar-refractivity contribution in [3.05, 3.63) is 89.0 Å². The predicted molar refractivity (Wildman–Crippen MR) is 136 cm³/mol. The van der Waals surface area contributed by atoms with Gasteiger partial charge in [0, 0.05) is 0 Å². The maximum atomic E-state index is 13.6. The molecule has 3 aromatic rings. The number of nitrogens with zero attached hydrogens (tertiary/aromatic N) is 1. The smallest absolute Gasteiger partial charge is 0.264 e. The van der Waals surface area contributed by atoms with Gasteiger partial charge in [0.15, 0.2) is 0 Å². The first kappa shape index (κ1) is 25.3. The van der Waals surface area contributed by atoms with Crippen LogP contribution in [0.3, 0.4) is 0 Å². The molecule has 3 rings (SSSR count). The van der Waals surface area contributed by atoms with Crippen LogP contribution in [0.4, 0.5) is 5.69 Å². The van der Waals surface area contributed by atoms with E-state index in [1.54, 1.807) is 30.3 Å². The summed E-state index contributed by atoms with van der Waals surface area (Å²) in [7, 11) is -3.96. The second-order valence-corrected chi connectivity index (χ2v) is 10.6. The normalized spacial score (nSPS) is 12.1. The molecule has 34 heavy (non-hydrogen) atoms. The largest absolute Gasteiger partial charge is 0.491 e. The Bertz CT molecular complexity index is 1240. The first-order valence-corrected chi connectivity index (χ1v) is 12.7. The number of ether oxygens (including phenoxy) is 1. The monoisotopic (exact) mass is 480 g/mol. The Balaban J connectivity index is 1.79. The Hall–Kier alpha value is -3.32. The van der Waals surface area contributed by atoms with Crippen LogP contribution in [-0.4, -0.2) is 33.5 Å². The van der Waals surface area contributed by atoms with Gasteiger partial charge in [0.25, 0.3) is 10.0 Å². The van der Waals surface area contributed by atoms with Gasteiger partial charge in [-0.25, -0.2) is 8.42 Å². The average molecular weight is 481 g/mol. The fourth-order valence-electron chi connectivity index (χ4n) is 3.47. The third-order valence-corrected chi connectivity index (χ3v) is 7.23. The van der Waals surface area contributed by atoms with Crippen molar-refractivity contribution in [3.8, 4) is 5.75 Å². The van der Waals surface area contributed by atoms with E-state index in [-0.39, 0.29) is 24.1 Å². The molecule has 0 radical (unpaired) electrons. The molecular weight excluding hydrogens is 448 g/mol. The second-order valence-electron chi connectivity index (χ2n) is 8.71. The van der Waals surface area contributed by atoms with Gasteiger partial charge in [-0.15, -0.1) is 0 Å². The molecule has 1 N–H and O–H groups in total. The lowest BCUT2D eigenvalue weighted by Gasteiger charge is -2.27. The molecule has 0 saturated carbocycles. The molecule has 0 fully saturated rings. The number of aryl methyl sites for hydroxylation is 4. The molecule has 3 aromatic carbocycles. The summed E-state index contributed by atoms with van der Waals surface area (Å²) in [5.74, 6) is 0.308. The minimum Gasteiger partial charge on any atom is -0.491 e. The topological polar surface area (TPSA) is 75.7 Å². The van der Waals surface area contributed by atoms with Gasteiger partial charge in [0.2, 0.25) is 5.91 Å². The molecule has 0 aliphatic heterocycles. The molecular formula is C27H32N2O4S. The third-order valence-electron chi connectivity index (χ3n) is 5.46. The number of amides is 1. The maximum absolute atomic E-state index is 13.6. The standard InChI is InChI=1S/C27H32N2O4S/c1-19-7-12-24(13-8-19)33-18-23(5)28-27(30)17-29(26-16-21(3)6-11-22(26)4)34(31,32)25-14-9-20(2)10-15-25/h6-16,23H,17-18H2,1-5H3,(H,28,30). The SMILES string of the molecule is Cc1ccc(OCC(C)NC(=O)CN(c2cc(C)ccc2C)S(=O)(=O)c2ccc(C)cc2)cc1. The molecule has 180 valence electrons. The van der Waals surface area contributed by atoms with Crippen LogP contribution >= 0.6 is 0 Å². The van der Waals surface area contributed by atoms with Crippen LogP contribution in [0.15, 0.2) is 71.6 Å². The second kappa shape index (κ2) is 10.7. The quantitative estimate of drug-likeness (QED) is 0.482. The Morgan fingerprint density at radius 2 is 1.44 bits per heavy atom. The van der Waals surface area contributed by atoms with Crippen LogP contribution in [0.25, 0.3) is 0 Å². The van der Waals surface area contributed by atoms with Crippen LogP contribution in [0.5, 0.6) is 5.75 Å². The average Bonchev–Trinajstić information content (AvgIpc) is 2.79. The molecule has 7 heteroatoms. The zero-order valence-corrected chi connectivity index (χ0v) is 21.1. The molecule has 0 bridgehead atoms. The number of carbonyl (C=O) groups is 1. The van der Waals surface area contributed by atoms with E-state index in [1.807, 2.05) is 71.0 Å². The molecule has 0 aliphatic rings. The van der Waals surface area contributed by atoms with Gasteiger partial charge in [-0.05, 0) is 76.1 Å². The van der Waals surface area contributed by atoms with Crippen molar-refractivity contribution in [1.29, 1.82) is 0 Å². The summed E-state index contributed by atoms with van der Waals surface area (Å²) in [5.41, 5.74) is 4.25. The molecule has 0 aromatic heterocycles. The zero-order valence-electron chi connectivity index (χ0n) is 20.3. The number of nitrogens with one attached hydrogen (secondary N) is 1. The first-order chi connectivity index (χ1) is 16.1. The summed E-state index contributed by atoms with van der Waals surface area (Å²) in [4.78, 5) is 13.1. The van der Waals surface area contributed by atoms with Crippen LogP contribution in [-0.2, 0) is 14.8 Å². The van der Waals surface area contributed by atoms with Crippen molar-refractivity contribution in [2.24, 2.45) is 0 Å². The highest BCUT2D eigenvalue weighted by Crippen LogP contribution is 2.28. The lowest BCUT2D eigenvalue weighted by molar-refractivity contribution is -0.120. The molecule has 0 spiro atoms. The Labute approximate surface area is 202 Å². The molecule has 1 amide bonds. The molecule has 0 saturated heterocycles. The summed E-state index contributed by atoms with van der Waals surface area (Å²) in [5, 5.41) is 2.86. The van der Waals surface area contributed by atoms with Crippen molar-refractivity contribution in [2.75, 3.05) is 17.5 Å². The van der Waals surface area contributed by atoms with Gasteiger partial charge in [-0.1, -0.05) is 47.5 Å². The molecule has 1 atom stereocenters. The van der Waals surface area contributed by atoms with Gasteiger partial charge in [0.05, 0.1) is 16.6 Å². The zero-order chi connectivity index (χ0) is 24.9. The lowest BCUT2D eigenvalue weighted by Crippen LogP contribution is -2.45. The van der Waals surface area contributed by atoms with Crippen molar-refractivity contribution < 1.29 is 17.9 Å². The van der Waals surface area contributed by atoms with Crippen LogP contribution in [0.2, 0.25) is 0 Å². The van der Waals surface area contributed by atoms with Crippen molar-refractivity contribution in [2.45, 2.75) is 45.6 Å². The minimum atomic E-state index is -3.96. The molecule has 6 nitrogen and oxygen atoms in total. The van der Waals surface area contributed by atoms with E-state index < -0.39 is 15.9 Å². The Kier molecular flexibility index (Phi) is 7.99. The summed E-state index contributed by atoms with van der Waals surface area (Å²) < 4.78 is 34.1. The third kappa shape index (κ3) is 6.38. The van der Waals surface area contributed by atoms with Gasteiger partial charge < -0.3 is 10.1 Å². The highest BCUT2D eigenvalue weighted by Gasteiger charge is 2.28. The number of hydrogen-bond acceptors (Lipinski definition) is 4. The maximum Gasteiger partial charge on any atom is 0.264 e. The Morgan fingerprint density at radius 1 is 0.882 bits per heavy atom. The van der Waals surface area contributed by atoms with E-state index in [9.17, 15) is 13.2 Å². The molecule has 1 unspecified atom stereocenters. The first-order valence-electron chi connectivity index (χ1n) is 11.2. The van der Waals surface area contributed by atoms with E-state index >= 15 is 0 Å². The number of benzene rings is 3. The van der Waals surface area contributed by atoms with E-state index in [0.29, 0.717) is 11.4 Å². The van der Waals surface area contributed by atoms with Gasteiger partial charge in [-0.2, -0.15) is 0 Å². The van der Waals surface area contributed by atoms with E-state index in [0.717, 1.165) is 22.3 Å². The van der Waals surface area contributed by atoms with Crippen LogP contribution < -0.4 is 14.4 Å². The van der Waals surface area contributed by atoms with Crippen molar-refractivity contribution in [3.63, 3.8) is 0 Å².